The molecule has 0 amide bonds. The summed E-state index contributed by atoms with van der Waals surface area (Å²) in [6.45, 7) is -8.07. The second-order valence-corrected chi connectivity index (χ2v) is 14.1. The number of aromatic nitrogens is 1. The highest BCUT2D eigenvalue weighted by atomic mass is 32.1. The third-order valence-electron chi connectivity index (χ3n) is 9.78. The molecule has 0 aliphatic heterocycles. The quantitative estimate of drug-likeness (QED) is 0.162. The first-order chi connectivity index (χ1) is 45.8. The number of para-hydroxylation sites is 1. The fraction of sp³-hybridized carbons (Fsp3) is 0.0526. The van der Waals surface area contributed by atoms with Crippen LogP contribution in [0.5, 0.6) is 0 Å². The van der Waals surface area contributed by atoms with Crippen molar-refractivity contribution in [2.75, 3.05) is 4.90 Å². The summed E-state index contributed by atoms with van der Waals surface area (Å²) in [7, 11) is 0. The molecule has 1 aliphatic rings. The second kappa shape index (κ2) is 13.4. The van der Waals surface area contributed by atoms with Crippen LogP contribution in [0.15, 0.2) is 205 Å². The second-order valence-electron chi connectivity index (χ2n) is 13.1. The van der Waals surface area contributed by atoms with Gasteiger partial charge in [0.2, 0.25) is 0 Å². The molecule has 2 nitrogen and oxygen atoms in total. The van der Waals surface area contributed by atoms with Gasteiger partial charge in [-0.15, -0.1) is 11.3 Å². The maximum absolute atomic E-state index is 10.8. The van der Waals surface area contributed by atoms with Gasteiger partial charge in [-0.1, -0.05) is 159 Å². The average Bonchev–Trinajstić information content (AvgIpc) is 1.52. The van der Waals surface area contributed by atoms with Crippen molar-refractivity contribution in [3.8, 4) is 39.1 Å². The third kappa shape index (κ3) is 5.26. The fourth-order valence-corrected chi connectivity index (χ4v) is 8.32. The van der Waals surface area contributed by atoms with E-state index in [0.29, 0.717) is 26.9 Å². The molecule has 0 atom stereocenters. The number of hydrogen-bond donors (Lipinski definition) is 0. The van der Waals surface area contributed by atoms with Crippen LogP contribution in [0.3, 0.4) is 0 Å². The summed E-state index contributed by atoms with van der Waals surface area (Å²) in [4.78, 5) is 0.321. The van der Waals surface area contributed by atoms with E-state index in [4.69, 9.17) is 32.9 Å². The first-order valence-electron chi connectivity index (χ1n) is 37.1. The van der Waals surface area contributed by atoms with Crippen LogP contribution < -0.4 is 4.90 Å². The Bertz CT molecular complexity index is 5540. The van der Waals surface area contributed by atoms with E-state index in [1.54, 1.807) is 0 Å². The molecular weight excluding hydrogens is 745 g/mol. The molecule has 11 aromatic rings. The van der Waals surface area contributed by atoms with Crippen molar-refractivity contribution in [2.45, 2.75) is 19.1 Å². The third-order valence-corrected chi connectivity index (χ3v) is 10.9. The zero-order valence-electron chi connectivity index (χ0n) is 68.9. The first kappa shape index (κ1) is 13.4. The molecule has 2 heterocycles. The van der Waals surface area contributed by atoms with E-state index in [9.17, 15) is 20.6 Å². The van der Waals surface area contributed by atoms with Crippen LogP contribution in [0.2, 0.25) is 0 Å². The van der Waals surface area contributed by atoms with Crippen molar-refractivity contribution in [1.29, 1.82) is 0 Å². The van der Waals surface area contributed by atoms with Gasteiger partial charge in [0.1, 0.15) is 0 Å². The van der Waals surface area contributed by atoms with Gasteiger partial charge in [0.15, 0.2) is 0 Å². The lowest BCUT2D eigenvalue weighted by Crippen LogP contribution is -2.16. The highest BCUT2D eigenvalue weighted by Crippen LogP contribution is 2.52. The molecule has 12 rings (SSSR count). The molecule has 0 saturated heterocycles. The van der Waals surface area contributed by atoms with E-state index >= 15 is 0 Å². The fourth-order valence-electron chi connectivity index (χ4n) is 7.27. The minimum Gasteiger partial charge on any atom is -0.309 e. The Labute approximate surface area is 408 Å². The summed E-state index contributed by atoms with van der Waals surface area (Å²) in [6.07, 6.45) is 0. The summed E-state index contributed by atoms with van der Waals surface area (Å²) in [6, 6.07) is -37.3. The van der Waals surface area contributed by atoms with E-state index in [2.05, 4.69) is 0 Å². The Morgan fingerprint density at radius 1 is 0.500 bits per heavy atom. The Hall–Kier alpha value is -7.20. The largest absolute Gasteiger partial charge is 0.309 e. The van der Waals surface area contributed by atoms with E-state index in [1.165, 1.54) is 0 Å². The van der Waals surface area contributed by atoms with Gasteiger partial charge in [-0.25, -0.2) is 0 Å². The SMILES string of the molecule is [2H]c1cc([2H])c2c(c1[2H])-c1c([2H])c([2H])c(N(c3c([2H])c([2H])c4c5c([2H])c(-c6c([2H])c([2H])c([2H])c([2H])c6[2H])c([2H])c(-c6c([2H])c([2H])c([2H])c([2H])c6[2H])c5n(-c5c([2H])c([2H])c([2H])c([2H])c5[2H])c4c3[2H])c3c([2H])c([2H])c([2H])c4c3sc3c([2H])c([2H])c([2H])c([2H])c34)c([2H])c1C2(C([2H])([2H])[2H])C([2H])([2H])[2H]. The Morgan fingerprint density at radius 2 is 1.20 bits per heavy atom. The molecule has 60 heavy (non-hydrogen) atoms. The monoisotopic (exact) mass is 824 g/mol. The Kier molecular flexibility index (Phi) is 3.00. The van der Waals surface area contributed by atoms with Crippen LogP contribution in [0.1, 0.15) is 78.3 Å². The van der Waals surface area contributed by atoms with E-state index in [-0.39, 0.29) is 0 Å². The normalized spacial score (nSPS) is 22.6. The summed E-state index contributed by atoms with van der Waals surface area (Å²) in [5.41, 5.74) is -19.3. The molecular formula is C57H40N2S. The number of nitrogens with zero attached hydrogens (tertiary/aromatic N) is 2. The predicted molar refractivity (Wildman–Crippen MR) is 257 cm³/mol. The van der Waals surface area contributed by atoms with Gasteiger partial charge in [0.05, 0.1) is 66.7 Å². The van der Waals surface area contributed by atoms with Crippen molar-refractivity contribution >= 4 is 70.4 Å². The lowest BCUT2D eigenvalue weighted by atomic mass is 9.82. The highest BCUT2D eigenvalue weighted by molar-refractivity contribution is 7.26. The Morgan fingerprint density at radius 3 is 2.02 bits per heavy atom. The zero-order valence-corrected chi connectivity index (χ0v) is 30.7. The van der Waals surface area contributed by atoms with Crippen molar-refractivity contribution in [3.05, 3.63) is 217 Å². The molecule has 0 bridgehead atoms. The van der Waals surface area contributed by atoms with E-state index in [0.717, 1.165) is 0 Å². The van der Waals surface area contributed by atoms with Gasteiger partial charge >= 0.3 is 0 Å². The summed E-state index contributed by atoms with van der Waals surface area (Å²) >= 11 is 0.324. The smallest absolute Gasteiger partial charge is 0.0667 e. The van der Waals surface area contributed by atoms with Crippen LogP contribution >= 0.6 is 11.3 Å². The molecule has 0 unspecified atom stereocenters. The molecule has 284 valence electrons. The van der Waals surface area contributed by atoms with Crippen molar-refractivity contribution in [1.82, 2.24) is 4.57 Å². The molecule has 0 N–H and O–H groups in total. The van der Waals surface area contributed by atoms with E-state index in [1.807, 2.05) is 0 Å². The highest BCUT2D eigenvalue weighted by Gasteiger charge is 2.36. The Balaban J connectivity index is 1.45. The van der Waals surface area contributed by atoms with Crippen LogP contribution in [0.4, 0.5) is 17.1 Å². The molecule has 9 aromatic carbocycles. The van der Waals surface area contributed by atoms with Gasteiger partial charge < -0.3 is 9.47 Å². The molecule has 0 fully saturated rings. The standard InChI is InChI=1S/C57H40N2S/c1-57(2)50-26-14-12-23-43(50)44-31-29-41(35-51(44)57)58(52-27-16-25-47-46-24-13-15-28-54(46)60-56(47)52)42-30-32-45-49-34-39(37-17-6-3-7-18-37)33-48(38-19-8-4-9-20-38)55(49)59(53(45)36-42)40-21-10-5-11-22-40/h3-36H,1-2H3/i1D3,2D3,3D,4D,5D,6D,7D,8D,9D,10D,11D,12D,13D,15D,16D,17D,18D,19D,20D,21D,22D,23D,24D,25D,26D,27D,28D,29D,30D,31D,32D,33D,34D,35D,36D. The number of benzene rings is 9. The van der Waals surface area contributed by atoms with Crippen molar-refractivity contribution < 1.29 is 53.5 Å². The minimum absolute atomic E-state index is 0.321. The number of rotatable bonds is 6. The van der Waals surface area contributed by atoms with Crippen LogP contribution in [-0.2, 0) is 5.41 Å². The predicted octanol–water partition coefficient (Wildman–Crippen LogP) is 16.3. The summed E-state index contributed by atoms with van der Waals surface area (Å²) < 4.78 is 362. The number of hydrogen-bond acceptors (Lipinski definition) is 2. The van der Waals surface area contributed by atoms with Crippen LogP contribution in [0.25, 0.3) is 81.0 Å². The molecule has 3 heteroatoms. The maximum atomic E-state index is 10.8. The molecule has 1 aliphatic carbocycles. The van der Waals surface area contributed by atoms with Crippen LogP contribution in [0, 0.1) is 0 Å². The lowest BCUT2D eigenvalue weighted by molar-refractivity contribution is 0.660. The lowest BCUT2D eigenvalue weighted by Gasteiger charge is -2.28. The first-order valence-corrected chi connectivity index (χ1v) is 18.4. The number of thiophene rings is 1. The van der Waals surface area contributed by atoms with Gasteiger partial charge in [-0.2, -0.15) is 0 Å². The van der Waals surface area contributed by atoms with Crippen molar-refractivity contribution in [3.63, 3.8) is 0 Å². The molecule has 0 spiro atoms. The topological polar surface area (TPSA) is 8.17 Å². The summed E-state index contributed by atoms with van der Waals surface area (Å²) in [5.74, 6) is 0. The molecule has 2 aromatic heterocycles. The summed E-state index contributed by atoms with van der Waals surface area (Å²) in [5, 5.41) is -3.13. The van der Waals surface area contributed by atoms with Crippen molar-refractivity contribution in [2.24, 2.45) is 0 Å². The molecule has 0 radical (unpaired) electrons. The average molecular weight is 824 g/mol. The zero-order chi connectivity index (χ0) is 73.7. The van der Waals surface area contributed by atoms with Gasteiger partial charge in [-0.05, 0) is 99.4 Å². The van der Waals surface area contributed by atoms with Crippen LogP contribution in [-0.4, -0.2) is 4.57 Å². The van der Waals surface area contributed by atoms with Gasteiger partial charge in [-0.3, -0.25) is 0 Å². The number of fused-ring (bicyclic) bond motifs is 9. The molecule has 0 saturated carbocycles. The van der Waals surface area contributed by atoms with Gasteiger partial charge in [0, 0.05) is 62.5 Å². The number of anilines is 3. The van der Waals surface area contributed by atoms with Gasteiger partial charge in [0.25, 0.3) is 0 Å². The minimum atomic E-state index is -4.04. The maximum Gasteiger partial charge on any atom is 0.0667 e. The van der Waals surface area contributed by atoms with E-state index < -0.39 is 328 Å².